The third-order valence-electron chi connectivity index (χ3n) is 3.76. The van der Waals surface area contributed by atoms with Crippen LogP contribution in [-0.2, 0) is 4.79 Å². The molecule has 2 heterocycles. The molecule has 2 saturated heterocycles. The zero-order valence-electron chi connectivity index (χ0n) is 9.03. The van der Waals surface area contributed by atoms with Crippen LogP contribution in [0, 0.1) is 5.41 Å². The molecule has 2 fully saturated rings. The molecule has 2 aliphatic rings. The summed E-state index contributed by atoms with van der Waals surface area (Å²) >= 11 is 0. The molecule has 2 rings (SSSR count). The second-order valence-electron chi connectivity index (χ2n) is 4.58. The summed E-state index contributed by atoms with van der Waals surface area (Å²) in [6, 6.07) is -0.372. The van der Waals surface area contributed by atoms with Gasteiger partial charge in [0.2, 0.25) is 5.91 Å². The summed E-state index contributed by atoms with van der Waals surface area (Å²) < 4.78 is 0. The maximum absolute atomic E-state index is 11.9. The van der Waals surface area contributed by atoms with E-state index in [1.54, 1.807) is 9.80 Å². The first-order valence-electron chi connectivity index (χ1n) is 5.35. The van der Waals surface area contributed by atoms with Gasteiger partial charge in [0.15, 0.2) is 0 Å². The van der Waals surface area contributed by atoms with Crippen molar-refractivity contribution in [3.8, 4) is 0 Å². The van der Waals surface area contributed by atoms with Crippen LogP contribution in [0.25, 0.3) is 0 Å². The van der Waals surface area contributed by atoms with Crippen molar-refractivity contribution in [1.29, 1.82) is 0 Å². The van der Waals surface area contributed by atoms with Gasteiger partial charge in [0.05, 0.1) is 5.41 Å². The van der Waals surface area contributed by atoms with Crippen LogP contribution in [0.4, 0.5) is 4.79 Å². The maximum Gasteiger partial charge on any atom is 0.314 e. The molecule has 84 valence electrons. The maximum atomic E-state index is 11.9. The van der Waals surface area contributed by atoms with Crippen LogP contribution in [-0.4, -0.2) is 48.4 Å². The minimum absolute atomic E-state index is 0.194. The average molecular weight is 211 g/mol. The Kier molecular flexibility index (Phi) is 2.32. The van der Waals surface area contributed by atoms with Crippen molar-refractivity contribution in [3.63, 3.8) is 0 Å². The van der Waals surface area contributed by atoms with Crippen LogP contribution < -0.4 is 5.73 Å². The number of carbonyl (C=O) groups excluding carboxylic acids is 2. The van der Waals surface area contributed by atoms with Gasteiger partial charge in [-0.25, -0.2) is 4.79 Å². The van der Waals surface area contributed by atoms with Crippen molar-refractivity contribution >= 4 is 11.9 Å². The zero-order chi connectivity index (χ0) is 11.1. The molecule has 0 bridgehead atoms. The van der Waals surface area contributed by atoms with Crippen LogP contribution in [0.3, 0.4) is 0 Å². The number of hydrogen-bond donors (Lipinski definition) is 1. The second-order valence-corrected chi connectivity index (χ2v) is 4.58. The lowest BCUT2D eigenvalue weighted by atomic mass is 9.77. The summed E-state index contributed by atoms with van der Waals surface area (Å²) in [6.07, 6.45) is 2.45. The standard InChI is InChI=1S/C10H17N3O2/c1-12-5-2-10(8(12)14)3-6-13(7-4-10)9(11)15/h2-7H2,1H3,(H2,11,15). The van der Waals surface area contributed by atoms with Gasteiger partial charge in [-0.3, -0.25) is 4.79 Å². The summed E-state index contributed by atoms with van der Waals surface area (Å²) in [6.45, 7) is 2.08. The number of carbonyl (C=O) groups is 2. The molecular weight excluding hydrogens is 194 g/mol. The van der Waals surface area contributed by atoms with E-state index in [1.165, 1.54) is 0 Å². The van der Waals surface area contributed by atoms with E-state index in [0.29, 0.717) is 13.1 Å². The van der Waals surface area contributed by atoms with Gasteiger partial charge in [-0.15, -0.1) is 0 Å². The van der Waals surface area contributed by atoms with E-state index in [4.69, 9.17) is 5.73 Å². The number of rotatable bonds is 0. The molecule has 0 saturated carbocycles. The number of primary amides is 1. The zero-order valence-corrected chi connectivity index (χ0v) is 9.03. The predicted molar refractivity (Wildman–Crippen MR) is 55.1 cm³/mol. The van der Waals surface area contributed by atoms with Gasteiger partial charge in [0.25, 0.3) is 0 Å². The van der Waals surface area contributed by atoms with Gasteiger partial charge < -0.3 is 15.5 Å². The minimum atomic E-state index is -0.372. The minimum Gasteiger partial charge on any atom is -0.351 e. The van der Waals surface area contributed by atoms with Crippen LogP contribution in [0.1, 0.15) is 19.3 Å². The largest absolute Gasteiger partial charge is 0.351 e. The van der Waals surface area contributed by atoms with Gasteiger partial charge in [-0.05, 0) is 19.3 Å². The van der Waals surface area contributed by atoms with Gasteiger partial charge in [0, 0.05) is 26.7 Å². The van der Waals surface area contributed by atoms with Gasteiger partial charge in [-0.1, -0.05) is 0 Å². The highest BCUT2D eigenvalue weighted by atomic mass is 16.2. The number of nitrogens with zero attached hydrogens (tertiary/aromatic N) is 2. The lowest BCUT2D eigenvalue weighted by Crippen LogP contribution is -2.47. The molecule has 2 N–H and O–H groups in total. The van der Waals surface area contributed by atoms with Crippen molar-refractivity contribution in [2.24, 2.45) is 11.1 Å². The molecule has 0 aromatic rings. The molecule has 1 spiro atoms. The Balaban J connectivity index is 2.04. The van der Waals surface area contributed by atoms with E-state index >= 15 is 0 Å². The lowest BCUT2D eigenvalue weighted by Gasteiger charge is -2.36. The fourth-order valence-electron chi connectivity index (χ4n) is 2.61. The van der Waals surface area contributed by atoms with Gasteiger partial charge >= 0.3 is 6.03 Å². The number of likely N-dealkylation sites (tertiary alicyclic amines) is 2. The van der Waals surface area contributed by atoms with E-state index in [-0.39, 0.29) is 17.4 Å². The predicted octanol–water partition coefficient (Wildman–Crippen LogP) is 0.00940. The van der Waals surface area contributed by atoms with E-state index in [9.17, 15) is 9.59 Å². The summed E-state index contributed by atoms with van der Waals surface area (Å²) in [5.41, 5.74) is 5.01. The highest BCUT2D eigenvalue weighted by molar-refractivity contribution is 5.85. The Morgan fingerprint density at radius 2 is 1.80 bits per heavy atom. The molecule has 5 nitrogen and oxygen atoms in total. The molecule has 0 aromatic carbocycles. The number of piperidine rings is 1. The van der Waals surface area contributed by atoms with Crippen molar-refractivity contribution in [2.75, 3.05) is 26.7 Å². The number of amides is 3. The number of nitrogens with two attached hydrogens (primary N) is 1. The highest BCUT2D eigenvalue weighted by Gasteiger charge is 2.47. The van der Waals surface area contributed by atoms with E-state index in [1.807, 2.05) is 7.05 Å². The number of urea groups is 1. The van der Waals surface area contributed by atoms with Crippen molar-refractivity contribution in [3.05, 3.63) is 0 Å². The molecule has 3 amide bonds. The fourth-order valence-corrected chi connectivity index (χ4v) is 2.61. The Labute approximate surface area is 89.2 Å². The molecule has 0 atom stereocenters. The highest BCUT2D eigenvalue weighted by Crippen LogP contribution is 2.40. The molecular formula is C10H17N3O2. The molecule has 5 heteroatoms. The Morgan fingerprint density at radius 3 is 2.20 bits per heavy atom. The molecule has 0 aliphatic carbocycles. The Hall–Kier alpha value is -1.26. The SMILES string of the molecule is CN1CCC2(CCN(C(N)=O)CC2)C1=O. The molecule has 15 heavy (non-hydrogen) atoms. The average Bonchev–Trinajstić information content (AvgIpc) is 2.48. The first kappa shape index (κ1) is 10.3. The second kappa shape index (κ2) is 3.40. The van der Waals surface area contributed by atoms with Gasteiger partial charge in [-0.2, -0.15) is 0 Å². The summed E-state index contributed by atoms with van der Waals surface area (Å²) in [4.78, 5) is 26.3. The topological polar surface area (TPSA) is 66.6 Å². The molecule has 0 aromatic heterocycles. The molecule has 0 radical (unpaired) electrons. The molecule has 0 unspecified atom stereocenters. The van der Waals surface area contributed by atoms with Crippen molar-refractivity contribution in [1.82, 2.24) is 9.80 Å². The number of hydrogen-bond acceptors (Lipinski definition) is 2. The summed E-state index contributed by atoms with van der Waals surface area (Å²) in [7, 11) is 1.84. The fraction of sp³-hybridized carbons (Fsp3) is 0.800. The van der Waals surface area contributed by atoms with E-state index in [0.717, 1.165) is 25.8 Å². The van der Waals surface area contributed by atoms with E-state index in [2.05, 4.69) is 0 Å². The Bertz CT molecular complexity index is 295. The van der Waals surface area contributed by atoms with Crippen LogP contribution >= 0.6 is 0 Å². The summed E-state index contributed by atoms with van der Waals surface area (Å²) in [5, 5.41) is 0. The monoisotopic (exact) mass is 211 g/mol. The van der Waals surface area contributed by atoms with E-state index < -0.39 is 0 Å². The first-order chi connectivity index (χ1) is 7.05. The first-order valence-corrected chi connectivity index (χ1v) is 5.35. The summed E-state index contributed by atoms with van der Waals surface area (Å²) in [5.74, 6) is 0.242. The third-order valence-corrected chi connectivity index (χ3v) is 3.76. The normalized spacial score (nSPS) is 25.0. The van der Waals surface area contributed by atoms with Crippen molar-refractivity contribution in [2.45, 2.75) is 19.3 Å². The Morgan fingerprint density at radius 1 is 1.27 bits per heavy atom. The van der Waals surface area contributed by atoms with Crippen molar-refractivity contribution < 1.29 is 9.59 Å². The molecule has 2 aliphatic heterocycles. The van der Waals surface area contributed by atoms with Crippen LogP contribution in [0.2, 0.25) is 0 Å². The third kappa shape index (κ3) is 1.56. The smallest absolute Gasteiger partial charge is 0.314 e. The lowest BCUT2D eigenvalue weighted by molar-refractivity contribution is -0.136. The quantitative estimate of drug-likeness (QED) is 0.613. The van der Waals surface area contributed by atoms with Crippen LogP contribution in [0.5, 0.6) is 0 Å². The van der Waals surface area contributed by atoms with Gasteiger partial charge in [0.1, 0.15) is 0 Å². The van der Waals surface area contributed by atoms with Crippen LogP contribution in [0.15, 0.2) is 0 Å².